The summed E-state index contributed by atoms with van der Waals surface area (Å²) in [4.78, 5) is 0. The zero-order valence-corrected chi connectivity index (χ0v) is 12.7. The zero-order chi connectivity index (χ0) is 15.4. The Bertz CT molecular complexity index is 590. The summed E-state index contributed by atoms with van der Waals surface area (Å²) >= 11 is 0. The summed E-state index contributed by atoms with van der Waals surface area (Å²) < 4.78 is 27.5. The monoisotopic (exact) mass is 289 g/mol. The largest absolute Gasteiger partial charge is 0.307 e. The highest BCUT2D eigenvalue weighted by Crippen LogP contribution is 2.21. The molecule has 2 rings (SSSR count). The Labute approximate surface area is 125 Å². The number of hydrogen-bond acceptors (Lipinski definition) is 1. The van der Waals surface area contributed by atoms with Gasteiger partial charge in [0.1, 0.15) is 11.6 Å². The van der Waals surface area contributed by atoms with E-state index in [1.165, 1.54) is 29.3 Å². The van der Waals surface area contributed by atoms with Crippen LogP contribution in [0.3, 0.4) is 0 Å². The summed E-state index contributed by atoms with van der Waals surface area (Å²) in [5, 5.41) is 3.27. The van der Waals surface area contributed by atoms with E-state index in [0.29, 0.717) is 0 Å². The molecular formula is C18H21F2N. The molecule has 1 nitrogen and oxygen atoms in total. The molecule has 0 spiro atoms. The van der Waals surface area contributed by atoms with Crippen LogP contribution < -0.4 is 5.32 Å². The molecule has 2 atom stereocenters. The van der Waals surface area contributed by atoms with Crippen molar-refractivity contribution in [1.29, 1.82) is 0 Å². The van der Waals surface area contributed by atoms with E-state index in [4.69, 9.17) is 0 Å². The second-order valence-corrected chi connectivity index (χ2v) is 5.56. The van der Waals surface area contributed by atoms with Crippen LogP contribution in [0.15, 0.2) is 42.5 Å². The smallest absolute Gasteiger partial charge is 0.130 e. The molecule has 0 radical (unpaired) electrons. The minimum absolute atomic E-state index is 0.106. The molecule has 1 N–H and O–H groups in total. The van der Waals surface area contributed by atoms with Crippen LogP contribution in [0.4, 0.5) is 8.78 Å². The van der Waals surface area contributed by atoms with Gasteiger partial charge in [-0.15, -0.1) is 0 Å². The maximum absolute atomic E-state index is 13.8. The van der Waals surface area contributed by atoms with E-state index in [1.807, 2.05) is 19.1 Å². The molecule has 0 heterocycles. The fourth-order valence-electron chi connectivity index (χ4n) is 2.66. The average molecular weight is 289 g/mol. The molecular weight excluding hydrogens is 268 g/mol. The Kier molecular flexibility index (Phi) is 5.07. The van der Waals surface area contributed by atoms with Crippen molar-refractivity contribution in [1.82, 2.24) is 5.32 Å². The molecule has 2 aromatic carbocycles. The van der Waals surface area contributed by atoms with Gasteiger partial charge >= 0.3 is 0 Å². The topological polar surface area (TPSA) is 12.0 Å². The summed E-state index contributed by atoms with van der Waals surface area (Å²) in [7, 11) is 0. The number of hydrogen-bond donors (Lipinski definition) is 1. The highest BCUT2D eigenvalue weighted by Gasteiger charge is 2.17. The molecule has 0 amide bonds. The van der Waals surface area contributed by atoms with Crippen molar-refractivity contribution < 1.29 is 8.78 Å². The van der Waals surface area contributed by atoms with E-state index in [0.717, 1.165) is 6.42 Å². The van der Waals surface area contributed by atoms with E-state index in [1.54, 1.807) is 6.92 Å². The third kappa shape index (κ3) is 3.88. The highest BCUT2D eigenvalue weighted by molar-refractivity contribution is 5.27. The molecule has 0 aliphatic heterocycles. The van der Waals surface area contributed by atoms with Gasteiger partial charge in [0.15, 0.2) is 0 Å². The Balaban J connectivity index is 2.06. The number of halogens is 2. The second-order valence-electron chi connectivity index (χ2n) is 5.56. The summed E-state index contributed by atoms with van der Waals surface area (Å²) in [6.45, 7) is 5.89. The van der Waals surface area contributed by atoms with Gasteiger partial charge in [-0.1, -0.05) is 30.3 Å². The van der Waals surface area contributed by atoms with E-state index >= 15 is 0 Å². The predicted molar refractivity (Wildman–Crippen MR) is 82.3 cm³/mol. The number of aryl methyl sites for hydroxylation is 1. The van der Waals surface area contributed by atoms with Crippen molar-refractivity contribution in [3.8, 4) is 0 Å². The molecule has 0 aliphatic carbocycles. The van der Waals surface area contributed by atoms with Gasteiger partial charge in [-0.05, 0) is 50.5 Å². The lowest BCUT2D eigenvalue weighted by atomic mass is 10.0. The van der Waals surface area contributed by atoms with Crippen molar-refractivity contribution in [2.45, 2.75) is 39.3 Å². The minimum atomic E-state index is -0.502. The third-order valence-electron chi connectivity index (χ3n) is 3.75. The first kappa shape index (κ1) is 15.6. The van der Waals surface area contributed by atoms with Crippen molar-refractivity contribution in [2.75, 3.05) is 0 Å². The second kappa shape index (κ2) is 6.81. The van der Waals surface area contributed by atoms with Crippen LogP contribution in [0.5, 0.6) is 0 Å². The fourth-order valence-corrected chi connectivity index (χ4v) is 2.66. The first-order valence-corrected chi connectivity index (χ1v) is 7.23. The van der Waals surface area contributed by atoms with Crippen LogP contribution in [0, 0.1) is 18.6 Å². The van der Waals surface area contributed by atoms with Crippen LogP contribution in [0.1, 0.15) is 36.6 Å². The summed E-state index contributed by atoms with van der Waals surface area (Å²) in [6, 6.07) is 11.9. The van der Waals surface area contributed by atoms with Gasteiger partial charge in [-0.25, -0.2) is 8.78 Å². The maximum Gasteiger partial charge on any atom is 0.130 e. The molecule has 3 heteroatoms. The lowest BCUT2D eigenvalue weighted by Crippen LogP contribution is -2.31. The Morgan fingerprint density at radius 2 is 1.57 bits per heavy atom. The molecule has 0 aromatic heterocycles. The third-order valence-corrected chi connectivity index (χ3v) is 3.75. The van der Waals surface area contributed by atoms with Gasteiger partial charge in [-0.3, -0.25) is 0 Å². The van der Waals surface area contributed by atoms with E-state index in [-0.39, 0.29) is 17.6 Å². The molecule has 2 aromatic rings. The average Bonchev–Trinajstić information content (AvgIpc) is 2.41. The zero-order valence-electron chi connectivity index (χ0n) is 12.7. The Morgan fingerprint density at radius 1 is 0.952 bits per heavy atom. The lowest BCUT2D eigenvalue weighted by molar-refractivity contribution is 0.440. The van der Waals surface area contributed by atoms with Crippen molar-refractivity contribution in [3.05, 3.63) is 70.8 Å². The quantitative estimate of drug-likeness (QED) is 0.851. The molecule has 112 valence electrons. The molecule has 0 fully saturated rings. The number of rotatable bonds is 5. The predicted octanol–water partition coefficient (Wildman–Crippen LogP) is 4.56. The standard InChI is InChI=1S/C18H21F2N/c1-12-7-4-5-8-15(12)11-13(2)21-14(3)18-16(19)9-6-10-17(18)20/h4-10,13-14,21H,11H2,1-3H3. The molecule has 0 saturated carbocycles. The van der Waals surface area contributed by atoms with Crippen LogP contribution in [0.25, 0.3) is 0 Å². The van der Waals surface area contributed by atoms with Gasteiger partial charge in [0.25, 0.3) is 0 Å². The fraction of sp³-hybridized carbons (Fsp3) is 0.333. The van der Waals surface area contributed by atoms with Crippen molar-refractivity contribution >= 4 is 0 Å². The SMILES string of the molecule is Cc1ccccc1CC(C)NC(C)c1c(F)cccc1F. The normalized spacial score (nSPS) is 14.0. The van der Waals surface area contributed by atoms with Crippen molar-refractivity contribution in [2.24, 2.45) is 0 Å². The molecule has 2 unspecified atom stereocenters. The molecule has 0 saturated heterocycles. The van der Waals surface area contributed by atoms with Gasteiger partial charge < -0.3 is 5.32 Å². The molecule has 21 heavy (non-hydrogen) atoms. The van der Waals surface area contributed by atoms with Crippen LogP contribution in [0.2, 0.25) is 0 Å². The van der Waals surface area contributed by atoms with Crippen LogP contribution in [-0.4, -0.2) is 6.04 Å². The highest BCUT2D eigenvalue weighted by atomic mass is 19.1. The van der Waals surface area contributed by atoms with Gasteiger partial charge in [-0.2, -0.15) is 0 Å². The summed E-state index contributed by atoms with van der Waals surface area (Å²) in [5.74, 6) is -1.00. The van der Waals surface area contributed by atoms with Crippen LogP contribution >= 0.6 is 0 Å². The van der Waals surface area contributed by atoms with E-state index in [9.17, 15) is 8.78 Å². The van der Waals surface area contributed by atoms with Gasteiger partial charge in [0.2, 0.25) is 0 Å². The van der Waals surface area contributed by atoms with Crippen LogP contribution in [-0.2, 0) is 6.42 Å². The number of nitrogens with one attached hydrogen (secondary N) is 1. The molecule has 0 aliphatic rings. The summed E-state index contributed by atoms with van der Waals surface area (Å²) in [5.41, 5.74) is 2.59. The maximum atomic E-state index is 13.8. The van der Waals surface area contributed by atoms with Gasteiger partial charge in [0, 0.05) is 17.6 Å². The molecule has 0 bridgehead atoms. The Hall–Kier alpha value is -1.74. The van der Waals surface area contributed by atoms with E-state index < -0.39 is 11.6 Å². The first-order valence-electron chi connectivity index (χ1n) is 7.23. The summed E-state index contributed by atoms with van der Waals surface area (Å²) in [6.07, 6.45) is 0.826. The van der Waals surface area contributed by atoms with Crippen molar-refractivity contribution in [3.63, 3.8) is 0 Å². The first-order chi connectivity index (χ1) is 9.99. The Morgan fingerprint density at radius 3 is 2.19 bits per heavy atom. The minimum Gasteiger partial charge on any atom is -0.307 e. The lowest BCUT2D eigenvalue weighted by Gasteiger charge is -2.22. The number of benzene rings is 2. The van der Waals surface area contributed by atoms with Gasteiger partial charge in [0.05, 0.1) is 0 Å². The van der Waals surface area contributed by atoms with E-state index in [2.05, 4.69) is 24.4 Å².